The van der Waals surface area contributed by atoms with E-state index in [9.17, 15) is 29.1 Å². The molecule has 0 aliphatic carbocycles. The summed E-state index contributed by atoms with van der Waals surface area (Å²) < 4.78 is 16.9. The quantitative estimate of drug-likeness (QED) is 0.163. The average Bonchev–Trinajstić information content (AvgIpc) is 3.62. The standard InChI is InChI=1S/C41H67N3O9/c1-12-27(4)38(43(8)40(49)31(25-45)23-34(47)37(26(2)3)42(6)7)35(51-9)24-36(48)44-20-16-19-32(44)39(52-10)28(5)33(46)22-30(41(50)53-11)21-29-17-14-13-15-18-29/h13-15,17-18,26-28,30-32,35,37-39,45H,12,16,19-25H2,1-11H3/t27-,28-,30+,31-,32-,35+,37-,38-,39+/m0/s1. The van der Waals surface area contributed by atoms with Gasteiger partial charge < -0.3 is 29.1 Å². The summed E-state index contributed by atoms with van der Waals surface area (Å²) >= 11 is 0. The number of likely N-dealkylation sites (N-methyl/N-ethyl adjacent to an activating group) is 2. The van der Waals surface area contributed by atoms with E-state index in [-0.39, 0.29) is 66.6 Å². The van der Waals surface area contributed by atoms with Crippen LogP contribution in [0.25, 0.3) is 0 Å². The first-order valence-corrected chi connectivity index (χ1v) is 19.1. The number of hydrogen-bond acceptors (Lipinski definition) is 10. The van der Waals surface area contributed by atoms with Crippen LogP contribution in [0.3, 0.4) is 0 Å². The highest BCUT2D eigenvalue weighted by molar-refractivity contribution is 5.90. The van der Waals surface area contributed by atoms with Crippen molar-refractivity contribution in [2.45, 2.75) is 110 Å². The number of ketones is 2. The number of rotatable bonds is 23. The maximum Gasteiger partial charge on any atom is 0.309 e. The monoisotopic (exact) mass is 745 g/mol. The van der Waals surface area contributed by atoms with Crippen molar-refractivity contribution in [3.05, 3.63) is 35.9 Å². The molecule has 53 heavy (non-hydrogen) atoms. The number of carbonyl (C=O) groups is 5. The summed E-state index contributed by atoms with van der Waals surface area (Å²) in [7, 11) is 9.70. The molecule has 9 atom stereocenters. The van der Waals surface area contributed by atoms with E-state index in [4.69, 9.17) is 14.2 Å². The minimum atomic E-state index is -0.926. The maximum absolute atomic E-state index is 14.1. The molecule has 1 aromatic rings. The minimum Gasteiger partial charge on any atom is -0.469 e. The number of aliphatic hydroxyl groups is 1. The summed E-state index contributed by atoms with van der Waals surface area (Å²) in [6, 6.07) is 8.23. The number of benzene rings is 1. The van der Waals surface area contributed by atoms with Gasteiger partial charge in [0.15, 0.2) is 5.78 Å². The Labute approximate surface area is 317 Å². The van der Waals surface area contributed by atoms with Gasteiger partial charge in [0.05, 0.1) is 62.3 Å². The van der Waals surface area contributed by atoms with Crippen LogP contribution in [0.1, 0.15) is 78.7 Å². The summed E-state index contributed by atoms with van der Waals surface area (Å²) in [5.74, 6) is -3.46. The topological polar surface area (TPSA) is 143 Å². The Morgan fingerprint density at radius 1 is 0.887 bits per heavy atom. The molecule has 0 saturated carbocycles. The van der Waals surface area contributed by atoms with Crippen LogP contribution in [-0.2, 0) is 44.6 Å². The highest BCUT2D eigenvalue weighted by Gasteiger charge is 2.43. The predicted octanol–water partition coefficient (Wildman–Crippen LogP) is 4.05. The molecular formula is C41H67N3O9. The molecule has 1 aliphatic rings. The van der Waals surface area contributed by atoms with Crippen molar-refractivity contribution in [2.75, 3.05) is 55.6 Å². The van der Waals surface area contributed by atoms with E-state index in [0.29, 0.717) is 25.8 Å². The van der Waals surface area contributed by atoms with Crippen LogP contribution in [0, 0.1) is 29.6 Å². The number of hydrogen-bond donors (Lipinski definition) is 1. The highest BCUT2D eigenvalue weighted by atomic mass is 16.5. The molecule has 1 saturated heterocycles. The molecule has 0 spiro atoms. The van der Waals surface area contributed by atoms with Gasteiger partial charge in [0.1, 0.15) is 5.78 Å². The Kier molecular flexibility index (Phi) is 19.3. The van der Waals surface area contributed by atoms with Gasteiger partial charge in [0, 0.05) is 46.6 Å². The van der Waals surface area contributed by atoms with E-state index in [0.717, 1.165) is 12.0 Å². The van der Waals surface area contributed by atoms with E-state index < -0.39 is 48.6 Å². The van der Waals surface area contributed by atoms with Crippen LogP contribution in [-0.4, -0.2) is 135 Å². The highest BCUT2D eigenvalue weighted by Crippen LogP contribution is 2.31. The molecule has 1 N–H and O–H groups in total. The molecule has 0 bridgehead atoms. The molecule has 2 rings (SSSR count). The van der Waals surface area contributed by atoms with E-state index >= 15 is 0 Å². The Bertz CT molecular complexity index is 1310. The van der Waals surface area contributed by atoms with Gasteiger partial charge in [-0.25, -0.2) is 0 Å². The third kappa shape index (κ3) is 12.4. The lowest BCUT2D eigenvalue weighted by Gasteiger charge is -2.40. The summed E-state index contributed by atoms with van der Waals surface area (Å²) in [5, 5.41) is 10.3. The Morgan fingerprint density at radius 2 is 1.51 bits per heavy atom. The van der Waals surface area contributed by atoms with Gasteiger partial charge in [-0.3, -0.25) is 28.9 Å². The first-order valence-electron chi connectivity index (χ1n) is 19.1. The van der Waals surface area contributed by atoms with Gasteiger partial charge in [-0.2, -0.15) is 0 Å². The summed E-state index contributed by atoms with van der Waals surface area (Å²) in [6.45, 7) is 9.71. The fraction of sp³-hybridized carbons (Fsp3) is 0.732. The Morgan fingerprint density at radius 3 is 2.02 bits per heavy atom. The number of esters is 1. The van der Waals surface area contributed by atoms with Crippen molar-refractivity contribution in [1.29, 1.82) is 0 Å². The van der Waals surface area contributed by atoms with E-state index in [2.05, 4.69) is 0 Å². The number of nitrogens with zero attached hydrogens (tertiary/aromatic N) is 3. The third-order valence-electron chi connectivity index (χ3n) is 11.2. The average molecular weight is 746 g/mol. The van der Waals surface area contributed by atoms with E-state index in [1.54, 1.807) is 30.9 Å². The van der Waals surface area contributed by atoms with Crippen LogP contribution in [0.4, 0.5) is 0 Å². The molecular weight excluding hydrogens is 678 g/mol. The Hall–Kier alpha value is -3.19. The largest absolute Gasteiger partial charge is 0.469 e. The molecule has 0 radical (unpaired) electrons. The zero-order valence-electron chi connectivity index (χ0n) is 34.1. The molecule has 1 aliphatic heterocycles. The van der Waals surface area contributed by atoms with Crippen LogP contribution in [0.5, 0.6) is 0 Å². The first kappa shape index (κ1) is 46.0. The smallest absolute Gasteiger partial charge is 0.309 e. The second-order valence-electron chi connectivity index (χ2n) is 15.4. The van der Waals surface area contributed by atoms with Gasteiger partial charge in [-0.1, -0.05) is 71.4 Å². The van der Waals surface area contributed by atoms with Crippen molar-refractivity contribution in [2.24, 2.45) is 29.6 Å². The fourth-order valence-corrected chi connectivity index (χ4v) is 8.21. The van der Waals surface area contributed by atoms with Crippen molar-refractivity contribution < 1.29 is 43.3 Å². The lowest BCUT2D eigenvalue weighted by Crippen LogP contribution is -2.54. The van der Waals surface area contributed by atoms with Crippen molar-refractivity contribution in [3.63, 3.8) is 0 Å². The molecule has 12 nitrogen and oxygen atoms in total. The van der Waals surface area contributed by atoms with Gasteiger partial charge in [-0.15, -0.1) is 0 Å². The van der Waals surface area contributed by atoms with Crippen LogP contribution in [0.2, 0.25) is 0 Å². The SMILES string of the molecule is CC[C@H](C)[C@@H]([C@@H](CC(=O)N1CCC[C@H]1[C@H](OC)[C@@H](C)C(=O)C[C@@H](Cc1ccccc1)C(=O)OC)OC)N(C)C(=O)[C@H](CO)CC(=O)[C@H](C(C)C)N(C)C. The number of carbonyl (C=O) groups excluding carboxylic acids is 5. The van der Waals surface area contributed by atoms with Gasteiger partial charge in [0.25, 0.3) is 0 Å². The summed E-state index contributed by atoms with van der Waals surface area (Å²) in [6.07, 6.45) is 1.05. The Balaban J connectivity index is 2.25. The minimum absolute atomic E-state index is 0.0142. The molecule has 0 aromatic heterocycles. The van der Waals surface area contributed by atoms with Crippen LogP contribution < -0.4 is 0 Å². The lowest BCUT2D eigenvalue weighted by molar-refractivity contribution is -0.150. The lowest BCUT2D eigenvalue weighted by atomic mass is 9.85. The van der Waals surface area contributed by atoms with E-state index in [1.165, 1.54) is 14.2 Å². The normalized spacial score (nSPS) is 19.2. The van der Waals surface area contributed by atoms with Gasteiger partial charge in [0.2, 0.25) is 11.8 Å². The first-order chi connectivity index (χ1) is 25.1. The number of amides is 2. The zero-order chi connectivity index (χ0) is 40.0. The summed E-state index contributed by atoms with van der Waals surface area (Å²) in [5.41, 5.74) is 0.930. The second kappa shape index (κ2) is 22.3. The maximum atomic E-state index is 14.1. The third-order valence-corrected chi connectivity index (χ3v) is 11.2. The van der Waals surface area contributed by atoms with Crippen molar-refractivity contribution in [3.8, 4) is 0 Å². The van der Waals surface area contributed by atoms with Crippen LogP contribution in [0.15, 0.2) is 30.3 Å². The molecule has 1 aromatic carbocycles. The zero-order valence-corrected chi connectivity index (χ0v) is 34.1. The molecule has 2 amide bonds. The van der Waals surface area contributed by atoms with Gasteiger partial charge >= 0.3 is 5.97 Å². The number of methoxy groups -OCH3 is 3. The van der Waals surface area contributed by atoms with Crippen LogP contribution >= 0.6 is 0 Å². The number of aliphatic hydroxyl groups excluding tert-OH is 1. The number of ether oxygens (including phenoxy) is 3. The second-order valence-corrected chi connectivity index (χ2v) is 15.4. The number of Topliss-reactive ketones (excluding diaryl/α,β-unsaturated/α-hetero) is 2. The molecule has 1 fully saturated rings. The predicted molar refractivity (Wildman–Crippen MR) is 204 cm³/mol. The fourth-order valence-electron chi connectivity index (χ4n) is 8.21. The molecule has 1 heterocycles. The van der Waals surface area contributed by atoms with Crippen molar-refractivity contribution >= 4 is 29.4 Å². The van der Waals surface area contributed by atoms with E-state index in [1.807, 2.05) is 77.0 Å². The van der Waals surface area contributed by atoms with Gasteiger partial charge in [-0.05, 0) is 50.8 Å². The molecule has 0 unspecified atom stereocenters. The number of likely N-dealkylation sites (tertiary alicyclic amines) is 1. The molecule has 300 valence electrons. The molecule has 12 heteroatoms. The summed E-state index contributed by atoms with van der Waals surface area (Å²) in [4.78, 5) is 72.9. The van der Waals surface area contributed by atoms with Crippen molar-refractivity contribution in [1.82, 2.24) is 14.7 Å².